The van der Waals surface area contributed by atoms with E-state index in [-0.39, 0.29) is 0 Å². The van der Waals surface area contributed by atoms with E-state index in [1.54, 1.807) is 4.68 Å². The van der Waals surface area contributed by atoms with E-state index in [1.165, 1.54) is 32.1 Å². The average molecular weight is 257 g/mol. The van der Waals surface area contributed by atoms with Crippen LogP contribution in [-0.2, 0) is 0 Å². The van der Waals surface area contributed by atoms with Crippen LogP contribution in [-0.4, -0.2) is 20.8 Å². The molecule has 1 aliphatic carbocycles. The normalized spacial score (nSPS) is 16.4. The molecule has 100 valence electrons. The molecule has 1 aliphatic rings. The van der Waals surface area contributed by atoms with Gasteiger partial charge in [0.15, 0.2) is 0 Å². The van der Waals surface area contributed by atoms with Crippen LogP contribution >= 0.6 is 0 Å². The van der Waals surface area contributed by atoms with Gasteiger partial charge in [0.1, 0.15) is 0 Å². The first kappa shape index (κ1) is 12.0. The summed E-state index contributed by atoms with van der Waals surface area (Å²) in [6, 6.07) is 10.3. The Kier molecular flexibility index (Phi) is 3.35. The van der Waals surface area contributed by atoms with E-state index < -0.39 is 0 Å². The predicted molar refractivity (Wildman–Crippen MR) is 76.3 cm³/mol. The summed E-state index contributed by atoms with van der Waals surface area (Å²) in [4.78, 5) is 4.30. The Labute approximate surface area is 112 Å². The highest BCUT2D eigenvalue weighted by Gasteiger charge is 2.16. The maximum Gasteiger partial charge on any atom is 0.244 e. The lowest BCUT2D eigenvalue weighted by Crippen LogP contribution is -2.22. The molecule has 1 aromatic heterocycles. The fraction of sp³-hybridized carbons (Fsp3) is 0.429. The van der Waals surface area contributed by atoms with Gasteiger partial charge in [-0.25, -0.2) is 0 Å². The van der Waals surface area contributed by atoms with Gasteiger partial charge in [0.05, 0.1) is 5.69 Å². The van der Waals surface area contributed by atoms with Gasteiger partial charge in [0.2, 0.25) is 11.9 Å². The van der Waals surface area contributed by atoms with Gasteiger partial charge in [-0.2, -0.15) is 9.67 Å². The van der Waals surface area contributed by atoms with E-state index in [4.69, 9.17) is 5.73 Å². The molecule has 1 saturated carbocycles. The summed E-state index contributed by atoms with van der Waals surface area (Å²) in [6.07, 6.45) is 6.30. The number of benzene rings is 1. The molecule has 1 heterocycles. The second-order valence-corrected chi connectivity index (χ2v) is 5.02. The highest BCUT2D eigenvalue weighted by atomic mass is 15.4. The van der Waals surface area contributed by atoms with Gasteiger partial charge in [0, 0.05) is 6.04 Å². The number of nitrogens with zero attached hydrogens (tertiary/aromatic N) is 3. The first-order valence-electron chi connectivity index (χ1n) is 6.87. The Hall–Kier alpha value is -2.04. The molecule has 0 unspecified atom stereocenters. The van der Waals surface area contributed by atoms with Gasteiger partial charge >= 0.3 is 0 Å². The largest absolute Gasteiger partial charge is 0.368 e. The van der Waals surface area contributed by atoms with Crippen LogP contribution in [0.15, 0.2) is 30.3 Å². The van der Waals surface area contributed by atoms with Crippen molar-refractivity contribution in [1.29, 1.82) is 0 Å². The van der Waals surface area contributed by atoms with Gasteiger partial charge in [-0.15, -0.1) is 5.10 Å². The van der Waals surface area contributed by atoms with Crippen LogP contribution in [0, 0.1) is 0 Å². The second kappa shape index (κ2) is 5.30. The molecular weight excluding hydrogens is 238 g/mol. The Morgan fingerprint density at radius 1 is 1.11 bits per heavy atom. The summed E-state index contributed by atoms with van der Waals surface area (Å²) in [5, 5.41) is 7.83. The average Bonchev–Trinajstić information content (AvgIpc) is 2.82. The SMILES string of the molecule is Nc1nc(NC2CCCCC2)nn1-c1ccccc1. The molecule has 5 nitrogen and oxygen atoms in total. The van der Waals surface area contributed by atoms with Crippen molar-refractivity contribution in [2.24, 2.45) is 0 Å². The fourth-order valence-electron chi connectivity index (χ4n) is 2.57. The summed E-state index contributed by atoms with van der Waals surface area (Å²) in [5.74, 6) is 1.05. The Balaban J connectivity index is 1.77. The third kappa shape index (κ3) is 2.70. The topological polar surface area (TPSA) is 68.8 Å². The summed E-state index contributed by atoms with van der Waals surface area (Å²) in [5.41, 5.74) is 6.86. The van der Waals surface area contributed by atoms with Crippen molar-refractivity contribution in [3.05, 3.63) is 30.3 Å². The number of anilines is 2. The number of para-hydroxylation sites is 1. The number of aromatic nitrogens is 3. The van der Waals surface area contributed by atoms with Crippen LogP contribution in [0.1, 0.15) is 32.1 Å². The zero-order chi connectivity index (χ0) is 13.1. The lowest BCUT2D eigenvalue weighted by Gasteiger charge is -2.21. The molecule has 0 amide bonds. The highest BCUT2D eigenvalue weighted by Crippen LogP contribution is 2.21. The summed E-state index contributed by atoms with van der Waals surface area (Å²) in [6.45, 7) is 0. The standard InChI is InChI=1S/C14H19N5/c15-13-17-14(16-11-7-3-1-4-8-11)18-19(13)12-9-5-2-6-10-12/h2,5-6,9-11H,1,3-4,7-8H2,(H3,15,16,17,18). The van der Waals surface area contributed by atoms with Crippen molar-refractivity contribution in [2.45, 2.75) is 38.1 Å². The van der Waals surface area contributed by atoms with Crippen molar-refractivity contribution < 1.29 is 0 Å². The summed E-state index contributed by atoms with van der Waals surface area (Å²) in [7, 11) is 0. The molecule has 2 aromatic rings. The monoisotopic (exact) mass is 257 g/mol. The molecule has 0 atom stereocenters. The van der Waals surface area contributed by atoms with Crippen LogP contribution in [0.25, 0.3) is 5.69 Å². The zero-order valence-electron chi connectivity index (χ0n) is 10.9. The quantitative estimate of drug-likeness (QED) is 0.886. The summed E-state index contributed by atoms with van der Waals surface area (Å²) < 4.78 is 1.67. The number of hydrogen-bond donors (Lipinski definition) is 2. The van der Waals surface area contributed by atoms with Crippen LogP contribution < -0.4 is 11.1 Å². The lowest BCUT2D eigenvalue weighted by molar-refractivity contribution is 0.461. The third-order valence-electron chi connectivity index (χ3n) is 3.57. The van der Waals surface area contributed by atoms with Crippen LogP contribution in [0.2, 0.25) is 0 Å². The molecule has 5 heteroatoms. The van der Waals surface area contributed by atoms with E-state index >= 15 is 0 Å². The third-order valence-corrected chi connectivity index (χ3v) is 3.57. The fourth-order valence-corrected chi connectivity index (χ4v) is 2.57. The minimum absolute atomic E-state index is 0.421. The van der Waals surface area contributed by atoms with Gasteiger partial charge < -0.3 is 11.1 Å². The van der Waals surface area contributed by atoms with E-state index in [2.05, 4.69) is 15.4 Å². The first-order chi connectivity index (χ1) is 9.33. The van der Waals surface area contributed by atoms with Gasteiger partial charge in [-0.05, 0) is 25.0 Å². The molecule has 0 radical (unpaired) electrons. The molecule has 1 aromatic carbocycles. The highest BCUT2D eigenvalue weighted by molar-refractivity contribution is 5.41. The Morgan fingerprint density at radius 2 is 1.84 bits per heavy atom. The maximum atomic E-state index is 5.93. The predicted octanol–water partition coefficient (Wildman–Crippen LogP) is 2.59. The molecule has 0 saturated heterocycles. The smallest absolute Gasteiger partial charge is 0.244 e. The Morgan fingerprint density at radius 3 is 2.58 bits per heavy atom. The number of nitrogen functional groups attached to an aromatic ring is 1. The molecule has 19 heavy (non-hydrogen) atoms. The number of hydrogen-bond acceptors (Lipinski definition) is 4. The second-order valence-electron chi connectivity index (χ2n) is 5.02. The van der Waals surface area contributed by atoms with Crippen molar-refractivity contribution in [2.75, 3.05) is 11.1 Å². The molecule has 1 fully saturated rings. The molecule has 3 rings (SSSR count). The molecule has 0 spiro atoms. The van der Waals surface area contributed by atoms with Crippen LogP contribution in [0.3, 0.4) is 0 Å². The maximum absolute atomic E-state index is 5.93. The number of nitrogens with two attached hydrogens (primary N) is 1. The van der Waals surface area contributed by atoms with Crippen molar-refractivity contribution in [3.8, 4) is 5.69 Å². The zero-order valence-corrected chi connectivity index (χ0v) is 10.9. The minimum Gasteiger partial charge on any atom is -0.368 e. The number of nitrogens with one attached hydrogen (secondary N) is 1. The van der Waals surface area contributed by atoms with Crippen molar-refractivity contribution in [3.63, 3.8) is 0 Å². The summed E-state index contributed by atoms with van der Waals surface area (Å²) >= 11 is 0. The molecular formula is C14H19N5. The molecule has 0 bridgehead atoms. The molecule has 3 N–H and O–H groups in total. The van der Waals surface area contributed by atoms with Crippen molar-refractivity contribution >= 4 is 11.9 Å². The number of rotatable bonds is 3. The van der Waals surface area contributed by atoms with Crippen LogP contribution in [0.4, 0.5) is 11.9 Å². The lowest BCUT2D eigenvalue weighted by atomic mass is 9.96. The van der Waals surface area contributed by atoms with E-state index in [1.807, 2.05) is 30.3 Å². The Bertz CT molecular complexity index is 528. The van der Waals surface area contributed by atoms with Crippen LogP contribution in [0.5, 0.6) is 0 Å². The van der Waals surface area contributed by atoms with E-state index in [0.29, 0.717) is 17.9 Å². The van der Waals surface area contributed by atoms with E-state index in [9.17, 15) is 0 Å². The van der Waals surface area contributed by atoms with Crippen molar-refractivity contribution in [1.82, 2.24) is 14.8 Å². The van der Waals surface area contributed by atoms with Gasteiger partial charge in [-0.3, -0.25) is 0 Å². The minimum atomic E-state index is 0.421. The van der Waals surface area contributed by atoms with Gasteiger partial charge in [-0.1, -0.05) is 37.5 Å². The van der Waals surface area contributed by atoms with E-state index in [0.717, 1.165) is 5.69 Å². The van der Waals surface area contributed by atoms with Gasteiger partial charge in [0.25, 0.3) is 0 Å². The first-order valence-corrected chi connectivity index (χ1v) is 6.87. The molecule has 0 aliphatic heterocycles.